The van der Waals surface area contributed by atoms with Crippen molar-refractivity contribution in [2.24, 2.45) is 0 Å². The molecule has 0 spiro atoms. The summed E-state index contributed by atoms with van der Waals surface area (Å²) in [4.78, 5) is 19.3. The first-order valence-electron chi connectivity index (χ1n) is 9.80. The Kier molecular flexibility index (Phi) is 4.48. The fourth-order valence-corrected chi connectivity index (χ4v) is 4.79. The van der Waals surface area contributed by atoms with Crippen LogP contribution in [0, 0.1) is 0 Å². The summed E-state index contributed by atoms with van der Waals surface area (Å²) < 4.78 is 5.23. The van der Waals surface area contributed by atoms with E-state index in [1.165, 1.54) is 29.8 Å². The van der Waals surface area contributed by atoms with Gasteiger partial charge in [0.05, 0.1) is 18.0 Å². The van der Waals surface area contributed by atoms with Gasteiger partial charge in [0.1, 0.15) is 0 Å². The van der Waals surface area contributed by atoms with Crippen LogP contribution < -0.4 is 9.80 Å². The first-order valence-corrected chi connectivity index (χ1v) is 9.80. The quantitative estimate of drug-likeness (QED) is 0.839. The number of ether oxygens (including phenoxy) is 1. The Labute approximate surface area is 150 Å². The van der Waals surface area contributed by atoms with Crippen molar-refractivity contribution >= 4 is 17.5 Å². The zero-order chi connectivity index (χ0) is 17.4. The van der Waals surface area contributed by atoms with E-state index in [1.54, 1.807) is 0 Å². The van der Waals surface area contributed by atoms with Crippen molar-refractivity contribution < 1.29 is 9.53 Å². The highest BCUT2D eigenvalue weighted by Crippen LogP contribution is 2.50. The minimum absolute atomic E-state index is 0.156. The van der Waals surface area contributed by atoms with E-state index in [1.807, 2.05) is 11.8 Å². The van der Waals surface area contributed by atoms with Crippen LogP contribution >= 0.6 is 0 Å². The second-order valence-electron chi connectivity index (χ2n) is 7.36. The Morgan fingerprint density at radius 2 is 2.12 bits per heavy atom. The molecule has 5 nitrogen and oxygen atoms in total. The van der Waals surface area contributed by atoms with Crippen molar-refractivity contribution in [2.75, 3.05) is 49.1 Å². The molecule has 0 aromatic heterocycles. The highest BCUT2D eigenvalue weighted by molar-refractivity contribution is 5.81. The highest BCUT2D eigenvalue weighted by Gasteiger charge is 2.45. The van der Waals surface area contributed by atoms with Crippen LogP contribution in [0.5, 0.6) is 0 Å². The zero-order valence-electron chi connectivity index (χ0n) is 15.4. The third kappa shape index (κ3) is 2.74. The average molecular weight is 343 g/mol. The molecule has 136 valence electrons. The molecule has 0 saturated carbocycles. The van der Waals surface area contributed by atoms with E-state index in [0.717, 1.165) is 39.1 Å². The number of anilines is 2. The van der Waals surface area contributed by atoms with E-state index in [-0.39, 0.29) is 6.09 Å². The molecule has 0 N–H and O–H groups in total. The topological polar surface area (TPSA) is 36.0 Å². The lowest BCUT2D eigenvalue weighted by molar-refractivity contribution is 0.0934. The summed E-state index contributed by atoms with van der Waals surface area (Å²) in [6, 6.07) is 7.29. The standard InChI is InChI=1S/C20H29N3O2/c1-3-5-10-21-12-13-23-17-9-11-22(20(24)25-4-2)14-16(17)15-7-6-8-18(21)19(15)23/h6-8,16-17H,3-5,9-14H2,1-2H3/t16-,17-/m0/s1. The number of para-hydroxylation sites is 1. The first-order chi connectivity index (χ1) is 12.2. The monoisotopic (exact) mass is 343 g/mol. The van der Waals surface area contributed by atoms with Gasteiger partial charge in [0, 0.05) is 44.7 Å². The molecule has 0 radical (unpaired) electrons. The van der Waals surface area contributed by atoms with Crippen LogP contribution in [0.25, 0.3) is 0 Å². The van der Waals surface area contributed by atoms with Crippen LogP contribution in [0.2, 0.25) is 0 Å². The summed E-state index contributed by atoms with van der Waals surface area (Å²) in [7, 11) is 0. The Morgan fingerprint density at radius 1 is 1.24 bits per heavy atom. The van der Waals surface area contributed by atoms with Gasteiger partial charge in [-0.25, -0.2) is 4.79 Å². The molecular weight excluding hydrogens is 314 g/mol. The van der Waals surface area contributed by atoms with Gasteiger partial charge in [-0.3, -0.25) is 0 Å². The van der Waals surface area contributed by atoms with Crippen LogP contribution in [0.3, 0.4) is 0 Å². The van der Waals surface area contributed by atoms with Crippen LogP contribution in [0.4, 0.5) is 16.2 Å². The summed E-state index contributed by atoms with van der Waals surface area (Å²) in [6.45, 7) is 9.52. The molecule has 2 atom stereocenters. The molecule has 3 aliphatic heterocycles. The number of hydrogen-bond donors (Lipinski definition) is 0. The summed E-state index contributed by atoms with van der Waals surface area (Å²) >= 11 is 0. The average Bonchev–Trinajstić information content (AvgIpc) is 2.96. The predicted octanol–water partition coefficient (Wildman–Crippen LogP) is 3.44. The van der Waals surface area contributed by atoms with Crippen molar-refractivity contribution in [1.29, 1.82) is 0 Å². The van der Waals surface area contributed by atoms with E-state index in [4.69, 9.17) is 4.74 Å². The van der Waals surface area contributed by atoms with E-state index in [0.29, 0.717) is 18.6 Å². The summed E-state index contributed by atoms with van der Waals surface area (Å²) in [5.74, 6) is 0.416. The minimum atomic E-state index is -0.156. The molecule has 1 amide bonds. The maximum Gasteiger partial charge on any atom is 0.409 e. The smallest absolute Gasteiger partial charge is 0.409 e. The molecule has 4 rings (SSSR count). The molecular formula is C20H29N3O2. The highest BCUT2D eigenvalue weighted by atomic mass is 16.6. The number of fused-ring (bicyclic) bond motifs is 3. The number of unbranched alkanes of at least 4 members (excludes halogenated alkanes) is 1. The van der Waals surface area contributed by atoms with Crippen molar-refractivity contribution in [3.05, 3.63) is 23.8 Å². The maximum atomic E-state index is 12.2. The number of nitrogens with zero attached hydrogens (tertiary/aromatic N) is 3. The van der Waals surface area contributed by atoms with Crippen LogP contribution in [0.15, 0.2) is 18.2 Å². The Hall–Kier alpha value is -1.91. The Morgan fingerprint density at radius 3 is 2.92 bits per heavy atom. The van der Waals surface area contributed by atoms with Gasteiger partial charge in [-0.2, -0.15) is 0 Å². The summed E-state index contributed by atoms with van der Waals surface area (Å²) in [5.41, 5.74) is 4.26. The Balaban J connectivity index is 1.61. The van der Waals surface area contributed by atoms with Gasteiger partial charge < -0.3 is 19.4 Å². The molecule has 1 saturated heterocycles. The molecule has 3 aliphatic rings. The SMILES string of the molecule is CCCCN1CCN2c3c(cccc31)[C@@H]1CN(C(=O)OCC)CC[C@@H]12. The minimum Gasteiger partial charge on any atom is -0.450 e. The molecule has 1 aromatic rings. The van der Waals surface area contributed by atoms with Gasteiger partial charge in [-0.05, 0) is 31.4 Å². The van der Waals surface area contributed by atoms with Gasteiger partial charge in [-0.15, -0.1) is 0 Å². The van der Waals surface area contributed by atoms with Crippen LogP contribution in [-0.4, -0.2) is 56.4 Å². The second kappa shape index (κ2) is 6.77. The van der Waals surface area contributed by atoms with Gasteiger partial charge in [0.25, 0.3) is 0 Å². The molecule has 0 unspecified atom stereocenters. The molecule has 0 bridgehead atoms. The summed E-state index contributed by atoms with van der Waals surface area (Å²) in [5, 5.41) is 0. The van der Waals surface area contributed by atoms with E-state index in [2.05, 4.69) is 34.9 Å². The number of carbonyl (C=O) groups excluding carboxylic acids is 1. The molecule has 1 aromatic carbocycles. The first kappa shape index (κ1) is 16.6. The normalized spacial score (nSPS) is 24.2. The van der Waals surface area contributed by atoms with Crippen LogP contribution in [0.1, 0.15) is 44.6 Å². The van der Waals surface area contributed by atoms with E-state index < -0.39 is 0 Å². The maximum absolute atomic E-state index is 12.2. The molecule has 0 aliphatic carbocycles. The van der Waals surface area contributed by atoms with Crippen molar-refractivity contribution in [3.63, 3.8) is 0 Å². The Bertz CT molecular complexity index is 648. The number of likely N-dealkylation sites (tertiary alicyclic amines) is 1. The largest absolute Gasteiger partial charge is 0.450 e. The molecule has 25 heavy (non-hydrogen) atoms. The lowest BCUT2D eigenvalue weighted by Crippen LogP contribution is -2.51. The lowest BCUT2D eigenvalue weighted by atomic mass is 9.89. The van der Waals surface area contributed by atoms with Gasteiger partial charge in [0.2, 0.25) is 0 Å². The fourth-order valence-electron chi connectivity index (χ4n) is 4.79. The predicted molar refractivity (Wildman–Crippen MR) is 101 cm³/mol. The fraction of sp³-hybridized carbons (Fsp3) is 0.650. The van der Waals surface area contributed by atoms with Crippen molar-refractivity contribution in [1.82, 2.24) is 4.90 Å². The van der Waals surface area contributed by atoms with Crippen LogP contribution in [-0.2, 0) is 4.74 Å². The molecule has 1 fully saturated rings. The number of amides is 1. The number of rotatable bonds is 4. The number of benzene rings is 1. The van der Waals surface area contributed by atoms with Gasteiger partial charge in [-0.1, -0.05) is 25.5 Å². The van der Waals surface area contributed by atoms with E-state index >= 15 is 0 Å². The lowest BCUT2D eigenvalue weighted by Gasteiger charge is -2.42. The van der Waals surface area contributed by atoms with Crippen molar-refractivity contribution in [3.8, 4) is 0 Å². The van der Waals surface area contributed by atoms with Gasteiger partial charge in [0.15, 0.2) is 0 Å². The number of hydrogen-bond acceptors (Lipinski definition) is 4. The third-order valence-corrected chi connectivity index (χ3v) is 5.97. The zero-order valence-corrected chi connectivity index (χ0v) is 15.4. The number of piperidine rings is 1. The summed E-state index contributed by atoms with van der Waals surface area (Å²) in [6.07, 6.45) is 3.35. The van der Waals surface area contributed by atoms with Crippen molar-refractivity contribution in [2.45, 2.75) is 45.1 Å². The number of carbonyl (C=O) groups is 1. The van der Waals surface area contributed by atoms with E-state index in [9.17, 15) is 4.79 Å². The molecule has 5 heteroatoms. The van der Waals surface area contributed by atoms with Gasteiger partial charge >= 0.3 is 6.09 Å². The second-order valence-corrected chi connectivity index (χ2v) is 7.36. The molecule has 3 heterocycles. The third-order valence-electron chi connectivity index (χ3n) is 5.97.